The molecule has 1 atom stereocenters. The first-order chi connectivity index (χ1) is 21.0. The van der Waals surface area contributed by atoms with Crippen LogP contribution in [0.5, 0.6) is 0 Å². The minimum atomic E-state index is -0.348. The van der Waals surface area contributed by atoms with Gasteiger partial charge in [0.05, 0.1) is 5.92 Å². The number of carbonyl (C=O) groups excluding carboxylic acids is 3. The average Bonchev–Trinajstić information content (AvgIpc) is 2.98. The summed E-state index contributed by atoms with van der Waals surface area (Å²) in [5.74, 6) is -0.640. The van der Waals surface area contributed by atoms with Crippen molar-refractivity contribution < 1.29 is 19.1 Å². The predicted molar refractivity (Wildman–Crippen MR) is 184 cm³/mol. The fraction of sp³-hybridized carbons (Fsp3) is 0.821. The van der Waals surface area contributed by atoms with E-state index in [2.05, 4.69) is 45.1 Å². The zero-order valence-corrected chi connectivity index (χ0v) is 28.8. The molecule has 0 radical (unpaired) electrons. The van der Waals surface area contributed by atoms with Crippen molar-refractivity contribution >= 4 is 18.2 Å². The molecule has 1 unspecified atom stereocenters. The van der Waals surface area contributed by atoms with E-state index in [1.807, 2.05) is 0 Å². The quantitative estimate of drug-likeness (QED) is 0.0253. The fourth-order valence-electron chi connectivity index (χ4n) is 5.58. The minimum absolute atomic E-state index is 0.174. The molecule has 4 heteroatoms. The highest BCUT2D eigenvalue weighted by Crippen LogP contribution is 2.22. The third-order valence-corrected chi connectivity index (χ3v) is 8.49. The van der Waals surface area contributed by atoms with Crippen LogP contribution in [0.4, 0.5) is 0 Å². The van der Waals surface area contributed by atoms with E-state index in [0.717, 1.165) is 70.5 Å². The molecule has 0 aromatic carbocycles. The molecule has 0 aromatic heterocycles. The molecule has 0 spiro atoms. The number of unbranched alkanes of at least 4 members (excludes halogenated alkanes) is 21. The molecule has 0 fully saturated rings. The predicted octanol–water partition coefficient (Wildman–Crippen LogP) is 12.2. The van der Waals surface area contributed by atoms with E-state index in [9.17, 15) is 14.4 Å². The third kappa shape index (κ3) is 30.1. The summed E-state index contributed by atoms with van der Waals surface area (Å²) in [6, 6.07) is 0. The van der Waals surface area contributed by atoms with Crippen LogP contribution in [-0.2, 0) is 19.1 Å². The van der Waals surface area contributed by atoms with Crippen LogP contribution in [0.1, 0.15) is 194 Å². The van der Waals surface area contributed by atoms with Gasteiger partial charge in [-0.3, -0.25) is 9.59 Å². The number of carbonyl (C=O) groups is 3. The standard InChI is InChI=1S/C39H70O4/c1-4-5-6-7-8-9-10-11-12-16-19-22-25-28-31-34-38(41)43-39(42)37(36(2)3)33-30-27-24-21-18-15-13-14-17-20-23-26-29-32-35-40/h8-9,11-12,35-37H,4-7,10,13-34H2,1-3H3. The van der Waals surface area contributed by atoms with Gasteiger partial charge in [0.1, 0.15) is 6.29 Å². The van der Waals surface area contributed by atoms with Crippen molar-refractivity contribution in [3.63, 3.8) is 0 Å². The summed E-state index contributed by atoms with van der Waals surface area (Å²) >= 11 is 0. The van der Waals surface area contributed by atoms with Crippen molar-refractivity contribution in [2.45, 2.75) is 194 Å². The molecule has 0 N–H and O–H groups in total. The van der Waals surface area contributed by atoms with E-state index >= 15 is 0 Å². The van der Waals surface area contributed by atoms with Gasteiger partial charge in [0.15, 0.2) is 0 Å². The number of esters is 2. The highest BCUT2D eigenvalue weighted by atomic mass is 16.6. The molecule has 0 saturated carbocycles. The van der Waals surface area contributed by atoms with E-state index in [-0.39, 0.29) is 23.8 Å². The first kappa shape index (κ1) is 41.3. The van der Waals surface area contributed by atoms with Crippen molar-refractivity contribution in [2.75, 3.05) is 0 Å². The Morgan fingerprint density at radius 2 is 1.00 bits per heavy atom. The SMILES string of the molecule is CCCCCC=CCC=CCCCCCCCC(=O)OC(=O)C(CCCCCCCCCCCCCCCC=O)C(C)C. The zero-order chi connectivity index (χ0) is 31.6. The molecule has 0 rings (SSSR count). The maximum atomic E-state index is 12.7. The molecule has 0 saturated heterocycles. The first-order valence-corrected chi connectivity index (χ1v) is 18.5. The third-order valence-electron chi connectivity index (χ3n) is 8.49. The summed E-state index contributed by atoms with van der Waals surface area (Å²) in [4.78, 5) is 35.2. The van der Waals surface area contributed by atoms with Gasteiger partial charge in [-0.05, 0) is 57.3 Å². The summed E-state index contributed by atoms with van der Waals surface area (Å²) in [5, 5.41) is 0. The van der Waals surface area contributed by atoms with Crippen LogP contribution < -0.4 is 0 Å². The van der Waals surface area contributed by atoms with E-state index in [4.69, 9.17) is 4.74 Å². The molecular formula is C39H70O4. The summed E-state index contributed by atoms with van der Waals surface area (Å²) in [7, 11) is 0. The minimum Gasteiger partial charge on any atom is -0.393 e. The van der Waals surface area contributed by atoms with Crippen molar-refractivity contribution in [1.29, 1.82) is 0 Å². The number of aldehydes is 1. The summed E-state index contributed by atoms with van der Waals surface area (Å²) in [6.07, 6.45) is 40.8. The maximum Gasteiger partial charge on any atom is 0.316 e. The van der Waals surface area contributed by atoms with Gasteiger partial charge in [0, 0.05) is 12.8 Å². The van der Waals surface area contributed by atoms with Crippen molar-refractivity contribution in [1.82, 2.24) is 0 Å². The van der Waals surface area contributed by atoms with Crippen LogP contribution in [-0.4, -0.2) is 18.2 Å². The van der Waals surface area contributed by atoms with Gasteiger partial charge in [0.2, 0.25) is 0 Å². The molecule has 250 valence electrons. The lowest BCUT2D eigenvalue weighted by molar-refractivity contribution is -0.164. The first-order valence-electron chi connectivity index (χ1n) is 18.5. The van der Waals surface area contributed by atoms with Gasteiger partial charge in [0.25, 0.3) is 0 Å². The second-order valence-electron chi connectivity index (χ2n) is 13.0. The number of allylic oxidation sites excluding steroid dienone is 4. The smallest absolute Gasteiger partial charge is 0.316 e. The van der Waals surface area contributed by atoms with Gasteiger partial charge in [-0.2, -0.15) is 0 Å². The Labute approximate surface area is 267 Å². The lowest BCUT2D eigenvalue weighted by Gasteiger charge is -2.18. The maximum absolute atomic E-state index is 12.7. The molecule has 0 heterocycles. The zero-order valence-electron chi connectivity index (χ0n) is 28.8. The van der Waals surface area contributed by atoms with Gasteiger partial charge < -0.3 is 9.53 Å². The second-order valence-corrected chi connectivity index (χ2v) is 13.0. The Bertz CT molecular complexity index is 693. The molecular weight excluding hydrogens is 532 g/mol. The molecule has 0 aromatic rings. The fourth-order valence-corrected chi connectivity index (χ4v) is 5.58. The van der Waals surface area contributed by atoms with Crippen LogP contribution in [0, 0.1) is 11.8 Å². The van der Waals surface area contributed by atoms with E-state index in [0.29, 0.717) is 6.42 Å². The molecule has 0 bridgehead atoms. The highest BCUT2D eigenvalue weighted by molar-refractivity contribution is 5.86. The largest absolute Gasteiger partial charge is 0.393 e. The van der Waals surface area contributed by atoms with E-state index < -0.39 is 0 Å². The molecule has 0 aliphatic rings. The second kappa shape index (κ2) is 33.2. The average molecular weight is 603 g/mol. The number of rotatable bonds is 32. The Balaban J connectivity index is 3.72. The lowest BCUT2D eigenvalue weighted by Crippen LogP contribution is -2.25. The molecule has 0 aliphatic heterocycles. The van der Waals surface area contributed by atoms with Gasteiger partial charge >= 0.3 is 11.9 Å². The Kier molecular flexibility index (Phi) is 31.9. The number of hydrogen-bond acceptors (Lipinski definition) is 4. The number of ether oxygens (including phenoxy) is 1. The summed E-state index contributed by atoms with van der Waals surface area (Å²) in [6.45, 7) is 6.36. The van der Waals surface area contributed by atoms with Gasteiger partial charge in [-0.15, -0.1) is 0 Å². The van der Waals surface area contributed by atoms with E-state index in [1.54, 1.807) is 0 Å². The van der Waals surface area contributed by atoms with Crippen LogP contribution in [0.2, 0.25) is 0 Å². The van der Waals surface area contributed by atoms with Crippen LogP contribution in [0.25, 0.3) is 0 Å². The summed E-state index contributed by atoms with van der Waals surface area (Å²) in [5.41, 5.74) is 0. The van der Waals surface area contributed by atoms with Crippen LogP contribution >= 0.6 is 0 Å². The monoisotopic (exact) mass is 603 g/mol. The number of hydrogen-bond donors (Lipinski definition) is 0. The molecule has 0 amide bonds. The topological polar surface area (TPSA) is 60.4 Å². The molecule has 43 heavy (non-hydrogen) atoms. The van der Waals surface area contributed by atoms with Crippen molar-refractivity contribution in [2.24, 2.45) is 11.8 Å². The van der Waals surface area contributed by atoms with Gasteiger partial charge in [-0.25, -0.2) is 0 Å². The molecule has 4 nitrogen and oxygen atoms in total. The highest BCUT2D eigenvalue weighted by Gasteiger charge is 2.25. The van der Waals surface area contributed by atoms with E-state index in [1.165, 1.54) is 103 Å². The van der Waals surface area contributed by atoms with Crippen LogP contribution in [0.3, 0.4) is 0 Å². The molecule has 0 aliphatic carbocycles. The normalized spacial score (nSPS) is 12.5. The van der Waals surface area contributed by atoms with Crippen molar-refractivity contribution in [3.8, 4) is 0 Å². The summed E-state index contributed by atoms with van der Waals surface area (Å²) < 4.78 is 5.26. The Morgan fingerprint density at radius 3 is 1.49 bits per heavy atom. The van der Waals surface area contributed by atoms with Crippen molar-refractivity contribution in [3.05, 3.63) is 24.3 Å². The lowest BCUT2D eigenvalue weighted by atomic mass is 9.90. The van der Waals surface area contributed by atoms with Gasteiger partial charge in [-0.1, -0.05) is 154 Å². The van der Waals surface area contributed by atoms with Crippen LogP contribution in [0.15, 0.2) is 24.3 Å². The Morgan fingerprint density at radius 1 is 0.558 bits per heavy atom. The Hall–Kier alpha value is -1.71.